The van der Waals surface area contributed by atoms with Gasteiger partial charge >= 0.3 is 200 Å². The molecule has 2 aliphatic carbocycles. The van der Waals surface area contributed by atoms with Gasteiger partial charge in [0.1, 0.15) is 0 Å². The predicted octanol–water partition coefficient (Wildman–Crippen LogP) is 1.88. The summed E-state index contributed by atoms with van der Waals surface area (Å²) in [4.78, 5) is 0. The molecule has 0 radical (unpaired) electrons. The van der Waals surface area contributed by atoms with E-state index >= 15 is 0 Å². The third-order valence-corrected chi connectivity index (χ3v) is 9.13. The van der Waals surface area contributed by atoms with E-state index in [2.05, 4.69) is 111 Å². The number of rotatable bonds is 8. The number of benzene rings is 2. The summed E-state index contributed by atoms with van der Waals surface area (Å²) in [5.41, 5.74) is 8.61. The summed E-state index contributed by atoms with van der Waals surface area (Å²) >= 11 is -0.831. The second kappa shape index (κ2) is 13.9. The Morgan fingerprint density at radius 3 is 1.36 bits per heavy atom. The van der Waals surface area contributed by atoms with Gasteiger partial charge in [-0.1, -0.05) is 0 Å². The molecule has 0 aliphatic heterocycles. The van der Waals surface area contributed by atoms with Crippen LogP contribution in [0.5, 0.6) is 0 Å². The van der Waals surface area contributed by atoms with Crippen LogP contribution in [0.15, 0.2) is 126 Å². The Morgan fingerprint density at radius 2 is 0.970 bits per heavy atom. The van der Waals surface area contributed by atoms with E-state index in [0.717, 1.165) is 25.7 Å². The van der Waals surface area contributed by atoms with E-state index in [9.17, 15) is 0 Å². The molecule has 168 valence electrons. The second-order valence-electron chi connectivity index (χ2n) is 8.39. The number of halogens is 2. The van der Waals surface area contributed by atoms with Crippen LogP contribution in [0.25, 0.3) is 0 Å². The van der Waals surface area contributed by atoms with Crippen LogP contribution in [0, 0.1) is 0 Å². The molecule has 4 rings (SSSR count). The Bertz CT molecular complexity index is 1010. The number of hydrogen-bond acceptors (Lipinski definition) is 0. The monoisotopic (exact) mass is 550 g/mol. The van der Waals surface area contributed by atoms with Crippen LogP contribution in [0.2, 0.25) is 0 Å². The Morgan fingerprint density at radius 1 is 0.576 bits per heavy atom. The van der Waals surface area contributed by atoms with Crippen LogP contribution >= 0.6 is 0 Å². The molecule has 0 nitrogen and oxygen atoms in total. The first-order valence-corrected chi connectivity index (χ1v) is 13.7. The summed E-state index contributed by atoms with van der Waals surface area (Å²) in [5, 5.41) is 0. The number of hydrogen-bond donors (Lipinski definition) is 0. The van der Waals surface area contributed by atoms with Gasteiger partial charge in [0.25, 0.3) is 0 Å². The molecule has 0 heterocycles. The van der Waals surface area contributed by atoms with Gasteiger partial charge in [0.2, 0.25) is 0 Å². The van der Waals surface area contributed by atoms with Crippen LogP contribution < -0.4 is 24.8 Å². The van der Waals surface area contributed by atoms with Gasteiger partial charge < -0.3 is 24.8 Å². The topological polar surface area (TPSA) is 0 Å². The van der Waals surface area contributed by atoms with E-state index in [1.807, 2.05) is 0 Å². The van der Waals surface area contributed by atoms with Crippen molar-refractivity contribution in [3.8, 4) is 0 Å². The minimum Gasteiger partial charge on any atom is -1.00 e. The Hall–Kier alpha value is -1.66. The standard InChI is InChI=1S/2C15H15.2ClH.Zr/c2*1-13-10-11-15(12-13)9-5-8-14-6-3-2-4-7-14;;;/h2*2-4,6-7,9-10,12H,5,8H2,1H3;2*1H;/q;;;;+2/p-2. The van der Waals surface area contributed by atoms with Crippen molar-refractivity contribution in [2.45, 2.75) is 39.5 Å². The summed E-state index contributed by atoms with van der Waals surface area (Å²) in [6.45, 7) is 4.47. The molecular formula is C30H30Cl2Zr. The van der Waals surface area contributed by atoms with Crippen LogP contribution in [0.3, 0.4) is 0 Å². The molecule has 0 saturated heterocycles. The molecule has 3 heteroatoms. The molecule has 2 aromatic rings. The van der Waals surface area contributed by atoms with Crippen molar-refractivity contribution in [2.24, 2.45) is 0 Å². The van der Waals surface area contributed by atoms with Gasteiger partial charge in [-0.25, -0.2) is 0 Å². The molecule has 0 aromatic heterocycles. The maximum absolute atomic E-state index is 2.46. The molecule has 0 spiro atoms. The van der Waals surface area contributed by atoms with Crippen molar-refractivity contribution in [2.75, 3.05) is 0 Å². The molecule has 0 bridgehead atoms. The van der Waals surface area contributed by atoms with Crippen molar-refractivity contribution in [3.05, 3.63) is 137 Å². The fourth-order valence-corrected chi connectivity index (χ4v) is 7.88. The van der Waals surface area contributed by atoms with Gasteiger partial charge in [-0.3, -0.25) is 0 Å². The number of aryl methyl sites for hydroxylation is 2. The fourth-order valence-electron chi connectivity index (χ4n) is 4.13. The van der Waals surface area contributed by atoms with Crippen molar-refractivity contribution < 1.29 is 48.0 Å². The Balaban J connectivity index is 0.00000193. The summed E-state index contributed by atoms with van der Waals surface area (Å²) in [6.07, 6.45) is 19.0. The van der Waals surface area contributed by atoms with Gasteiger partial charge in [0.05, 0.1) is 0 Å². The zero-order valence-electron chi connectivity index (χ0n) is 19.3. The van der Waals surface area contributed by atoms with Crippen LogP contribution in [-0.4, -0.2) is 0 Å². The molecule has 2 aromatic carbocycles. The average molecular weight is 553 g/mol. The molecule has 33 heavy (non-hydrogen) atoms. The van der Waals surface area contributed by atoms with Gasteiger partial charge in [-0.05, 0) is 0 Å². The van der Waals surface area contributed by atoms with Gasteiger partial charge in [0.15, 0.2) is 0 Å². The van der Waals surface area contributed by atoms with Crippen LogP contribution in [-0.2, 0) is 36.1 Å². The van der Waals surface area contributed by atoms with Gasteiger partial charge in [0, 0.05) is 0 Å². The first-order chi connectivity index (χ1) is 15.2. The summed E-state index contributed by atoms with van der Waals surface area (Å²) in [7, 11) is 0. The summed E-state index contributed by atoms with van der Waals surface area (Å²) in [6, 6.07) is 21.6. The van der Waals surface area contributed by atoms with E-state index in [1.165, 1.54) is 33.4 Å². The van der Waals surface area contributed by atoms with Gasteiger partial charge in [-0.15, -0.1) is 0 Å². The number of allylic oxidation sites excluding steroid dienone is 12. The van der Waals surface area contributed by atoms with Gasteiger partial charge in [-0.2, -0.15) is 0 Å². The molecule has 0 saturated carbocycles. The van der Waals surface area contributed by atoms with Crippen molar-refractivity contribution in [1.82, 2.24) is 0 Å². The van der Waals surface area contributed by atoms with Crippen molar-refractivity contribution >= 4 is 0 Å². The normalized spacial score (nSPS) is 16.9. The molecule has 0 atom stereocenters. The van der Waals surface area contributed by atoms with Crippen molar-refractivity contribution in [1.29, 1.82) is 0 Å². The Kier molecular flexibility index (Phi) is 11.6. The maximum atomic E-state index is 2.46. The molecule has 2 aliphatic rings. The van der Waals surface area contributed by atoms with E-state index in [1.54, 1.807) is 6.56 Å². The zero-order valence-corrected chi connectivity index (χ0v) is 23.3. The average Bonchev–Trinajstić information content (AvgIpc) is 3.31. The van der Waals surface area contributed by atoms with E-state index in [4.69, 9.17) is 0 Å². The van der Waals surface area contributed by atoms with E-state index in [-0.39, 0.29) is 24.8 Å². The summed E-state index contributed by atoms with van der Waals surface area (Å²) < 4.78 is 3.25. The molecule has 0 N–H and O–H groups in total. The predicted molar refractivity (Wildman–Crippen MR) is 129 cm³/mol. The summed E-state index contributed by atoms with van der Waals surface area (Å²) in [5.74, 6) is 0. The first-order valence-electron chi connectivity index (χ1n) is 11.2. The molecule has 0 amide bonds. The largest absolute Gasteiger partial charge is 1.00 e. The zero-order chi connectivity index (χ0) is 21.5. The first kappa shape index (κ1) is 27.6. The smallest absolute Gasteiger partial charge is 1.00 e. The third kappa shape index (κ3) is 8.25. The minimum atomic E-state index is -0.831. The Labute approximate surface area is 223 Å². The third-order valence-electron chi connectivity index (χ3n) is 5.68. The van der Waals surface area contributed by atoms with E-state index in [0.29, 0.717) is 0 Å². The maximum Gasteiger partial charge on any atom is -1.00 e. The molecule has 0 fully saturated rings. The second-order valence-corrected chi connectivity index (χ2v) is 11.6. The molecular weight excluding hydrogens is 522 g/mol. The van der Waals surface area contributed by atoms with Crippen LogP contribution in [0.4, 0.5) is 0 Å². The van der Waals surface area contributed by atoms with E-state index < -0.39 is 23.2 Å². The fraction of sp³-hybridized carbons (Fsp3) is 0.200. The van der Waals surface area contributed by atoms with Crippen LogP contribution in [0.1, 0.15) is 37.8 Å². The quantitative estimate of drug-likeness (QED) is 0.470. The SMILES string of the molecule is CC1=CC(=CCCc2ccccc2)[C]([Zr+2][C]2=CC(C)=CC2=CCCc2ccccc2)=C1.[Cl-].[Cl-]. The van der Waals surface area contributed by atoms with Crippen molar-refractivity contribution in [3.63, 3.8) is 0 Å². The molecule has 0 unspecified atom stereocenters. The minimum absolute atomic E-state index is 0.